The fourth-order valence-corrected chi connectivity index (χ4v) is 6.76. The Morgan fingerprint density at radius 1 is 0.952 bits per heavy atom. The maximum absolute atomic E-state index is 6.04. The molecule has 0 saturated heterocycles. The maximum atomic E-state index is 6.04. The zero-order chi connectivity index (χ0) is 16.2. The third-order valence-corrected chi connectivity index (χ3v) is 9.85. The van der Waals surface area contributed by atoms with E-state index in [0.29, 0.717) is 19.8 Å². The van der Waals surface area contributed by atoms with Crippen molar-refractivity contribution in [2.24, 2.45) is 5.73 Å². The lowest BCUT2D eigenvalue weighted by atomic mass is 10.5. The Morgan fingerprint density at radius 2 is 1.48 bits per heavy atom. The number of nitrogens with two attached hydrogens (primary N) is 1. The van der Waals surface area contributed by atoms with Gasteiger partial charge in [0.25, 0.3) is 0 Å². The fraction of sp³-hybridized carbons (Fsp3) is 1.00. The van der Waals surface area contributed by atoms with Gasteiger partial charge in [-0.15, -0.1) is 0 Å². The van der Waals surface area contributed by atoms with E-state index in [1.807, 2.05) is 20.4 Å². The molecule has 21 heavy (non-hydrogen) atoms. The molecule has 128 valence electrons. The van der Waals surface area contributed by atoms with Crippen LogP contribution in [0.25, 0.3) is 0 Å². The summed E-state index contributed by atoms with van der Waals surface area (Å²) in [4.78, 5) is 3.39. The molecule has 0 radical (unpaired) electrons. The van der Waals surface area contributed by atoms with Gasteiger partial charge in [-0.2, -0.15) is 0 Å². The van der Waals surface area contributed by atoms with E-state index in [-0.39, 0.29) is 0 Å². The molecule has 0 heterocycles. The van der Waals surface area contributed by atoms with E-state index in [1.54, 1.807) is 14.2 Å². The van der Waals surface area contributed by atoms with Crippen LogP contribution >= 0.6 is 0 Å². The first-order valence-corrected chi connectivity index (χ1v) is 12.4. The van der Waals surface area contributed by atoms with Gasteiger partial charge in [0.2, 0.25) is 0 Å². The van der Waals surface area contributed by atoms with Crippen LogP contribution in [-0.2, 0) is 17.7 Å². The number of rotatable bonds is 14. The average molecular weight is 339 g/mol. The van der Waals surface area contributed by atoms with Crippen molar-refractivity contribution in [3.05, 3.63) is 0 Å². The van der Waals surface area contributed by atoms with E-state index in [4.69, 9.17) is 23.4 Å². The summed E-state index contributed by atoms with van der Waals surface area (Å²) < 4.78 is 22.9. The van der Waals surface area contributed by atoms with Crippen molar-refractivity contribution >= 4 is 17.3 Å². The van der Waals surface area contributed by atoms with Crippen molar-refractivity contribution in [2.75, 3.05) is 40.5 Å². The summed E-state index contributed by atoms with van der Waals surface area (Å²) in [6.45, 7) is 8.99. The highest BCUT2D eigenvalue weighted by atomic mass is 28.4. The largest absolute Gasteiger partial charge is 0.421 e. The Bertz CT molecular complexity index is 250. The lowest BCUT2D eigenvalue weighted by Crippen LogP contribution is -2.53. The van der Waals surface area contributed by atoms with Crippen LogP contribution in [0, 0.1) is 0 Å². The molecule has 8 heteroatoms. The standard InChI is InChI=1S/C13H34N2O4Si2/c1-6-18-21(19-7-2,12-8-10-14)13-9-11-15-20(5,16-3)17-4/h15H,6-14H2,1-5H3. The molecule has 3 N–H and O–H groups in total. The molecule has 0 aliphatic rings. The summed E-state index contributed by atoms with van der Waals surface area (Å²) in [5.41, 5.74) is 5.65. The van der Waals surface area contributed by atoms with Gasteiger partial charge in [-0.05, 0) is 58.4 Å². The van der Waals surface area contributed by atoms with Crippen LogP contribution in [0.4, 0.5) is 0 Å². The molecule has 0 saturated carbocycles. The van der Waals surface area contributed by atoms with E-state index >= 15 is 0 Å². The van der Waals surface area contributed by atoms with Crippen molar-refractivity contribution in [1.82, 2.24) is 4.98 Å². The Labute approximate surface area is 132 Å². The van der Waals surface area contributed by atoms with Gasteiger partial charge in [0.1, 0.15) is 0 Å². The highest BCUT2D eigenvalue weighted by molar-refractivity contribution is 6.67. The Kier molecular flexibility index (Phi) is 11.8. The van der Waals surface area contributed by atoms with Crippen molar-refractivity contribution in [3.63, 3.8) is 0 Å². The van der Waals surface area contributed by atoms with Crippen LogP contribution < -0.4 is 10.7 Å². The van der Waals surface area contributed by atoms with Crippen LogP contribution in [0.5, 0.6) is 0 Å². The van der Waals surface area contributed by atoms with Gasteiger partial charge in [-0.25, -0.2) is 0 Å². The van der Waals surface area contributed by atoms with E-state index in [0.717, 1.165) is 31.5 Å². The molecule has 0 aromatic carbocycles. The van der Waals surface area contributed by atoms with Crippen LogP contribution in [0.3, 0.4) is 0 Å². The number of nitrogens with one attached hydrogen (secondary N) is 1. The number of hydrogen-bond donors (Lipinski definition) is 2. The lowest BCUT2D eigenvalue weighted by Gasteiger charge is -2.31. The van der Waals surface area contributed by atoms with Gasteiger partial charge >= 0.3 is 17.3 Å². The third kappa shape index (κ3) is 8.41. The zero-order valence-electron chi connectivity index (χ0n) is 14.4. The molecular weight excluding hydrogens is 304 g/mol. The molecule has 0 aliphatic heterocycles. The summed E-state index contributed by atoms with van der Waals surface area (Å²) in [6, 6.07) is 1.94. The van der Waals surface area contributed by atoms with Crippen molar-refractivity contribution in [3.8, 4) is 0 Å². The highest BCUT2D eigenvalue weighted by Crippen LogP contribution is 2.22. The topological polar surface area (TPSA) is 75.0 Å². The summed E-state index contributed by atoms with van der Waals surface area (Å²) in [5, 5.41) is 0. The van der Waals surface area contributed by atoms with E-state index < -0.39 is 17.3 Å². The second kappa shape index (κ2) is 11.7. The Morgan fingerprint density at radius 3 is 1.90 bits per heavy atom. The smallest absolute Gasteiger partial charge is 0.394 e. The summed E-state index contributed by atoms with van der Waals surface area (Å²) in [6.07, 6.45) is 1.95. The van der Waals surface area contributed by atoms with E-state index in [1.165, 1.54) is 0 Å². The zero-order valence-corrected chi connectivity index (χ0v) is 16.4. The van der Waals surface area contributed by atoms with Gasteiger partial charge in [0, 0.05) is 27.4 Å². The van der Waals surface area contributed by atoms with Crippen LogP contribution in [0.2, 0.25) is 18.6 Å². The first-order valence-electron chi connectivity index (χ1n) is 7.84. The van der Waals surface area contributed by atoms with Gasteiger partial charge in [-0.3, -0.25) is 4.98 Å². The van der Waals surface area contributed by atoms with Gasteiger partial charge in [0.15, 0.2) is 0 Å². The normalized spacial score (nSPS) is 12.9. The third-order valence-electron chi connectivity index (χ3n) is 3.54. The molecule has 0 amide bonds. The Balaban J connectivity index is 4.39. The van der Waals surface area contributed by atoms with Crippen molar-refractivity contribution in [1.29, 1.82) is 0 Å². The second-order valence-corrected chi connectivity index (χ2v) is 11.5. The van der Waals surface area contributed by atoms with E-state index in [2.05, 4.69) is 4.98 Å². The number of hydrogen-bond acceptors (Lipinski definition) is 6. The molecule has 0 aromatic heterocycles. The van der Waals surface area contributed by atoms with E-state index in [9.17, 15) is 0 Å². The SMILES string of the molecule is CCO[Si](CCCN)(CCCN[Si](C)(OC)OC)OCC. The molecular formula is C13H34N2O4Si2. The van der Waals surface area contributed by atoms with Crippen molar-refractivity contribution in [2.45, 2.75) is 45.3 Å². The molecule has 0 aliphatic carbocycles. The van der Waals surface area contributed by atoms with Gasteiger partial charge in [-0.1, -0.05) is 0 Å². The molecule has 0 rings (SSSR count). The van der Waals surface area contributed by atoms with Crippen LogP contribution in [0.1, 0.15) is 26.7 Å². The molecule has 0 spiro atoms. The summed E-state index contributed by atoms with van der Waals surface area (Å²) in [7, 11) is -0.944. The minimum absolute atomic E-state index is 0.686. The molecule has 0 unspecified atom stereocenters. The molecule has 0 atom stereocenters. The first-order chi connectivity index (χ1) is 10.0. The lowest BCUT2D eigenvalue weighted by molar-refractivity contribution is 0.180. The predicted molar refractivity (Wildman–Crippen MR) is 90.5 cm³/mol. The minimum atomic E-state index is -2.19. The predicted octanol–water partition coefficient (Wildman–Crippen LogP) is 1.69. The van der Waals surface area contributed by atoms with Gasteiger partial charge < -0.3 is 23.4 Å². The highest BCUT2D eigenvalue weighted by Gasteiger charge is 2.36. The average Bonchev–Trinajstić information content (AvgIpc) is 2.50. The van der Waals surface area contributed by atoms with Gasteiger partial charge in [0.05, 0.1) is 0 Å². The summed E-state index contributed by atoms with van der Waals surface area (Å²) in [5.74, 6) is 0. The fourth-order valence-electron chi connectivity index (χ4n) is 2.25. The van der Waals surface area contributed by atoms with Crippen LogP contribution in [0.15, 0.2) is 0 Å². The minimum Gasteiger partial charge on any atom is -0.394 e. The monoisotopic (exact) mass is 338 g/mol. The van der Waals surface area contributed by atoms with Crippen molar-refractivity contribution < 1.29 is 17.7 Å². The first kappa shape index (κ1) is 21.2. The maximum Gasteiger partial charge on any atom is 0.421 e. The Hall–Kier alpha value is 0.194. The quantitative estimate of drug-likeness (QED) is 0.371. The molecule has 6 nitrogen and oxygen atoms in total. The molecule has 0 fully saturated rings. The van der Waals surface area contributed by atoms with Crippen LogP contribution in [-0.4, -0.2) is 57.8 Å². The second-order valence-electron chi connectivity index (χ2n) is 5.05. The molecule has 0 aromatic rings. The molecule has 0 bridgehead atoms. The summed E-state index contributed by atoms with van der Waals surface area (Å²) >= 11 is 0.